The standard InChI is InChI=1S/C30H32N6O4/c1-4-36(5-2)14-15-40-25-17-19(11-13-24(25)39-3)32-29(37)18-10-12-21-20(16-18)26(31)27(33-21)28-30(38)35-23-9-7-6-8-22(23)34-28/h6-13,16-17,33H,4-5,14-15,31H2,1-3H3,(H,32,37)(H,35,38). The molecular weight excluding hydrogens is 508 g/mol. The first-order valence-electron chi connectivity index (χ1n) is 13.2. The number of nitrogens with zero attached hydrogens (tertiary/aromatic N) is 2. The number of H-pyrrole nitrogens is 2. The van der Waals surface area contributed by atoms with Gasteiger partial charge in [-0.2, -0.15) is 0 Å². The highest BCUT2D eigenvalue weighted by Crippen LogP contribution is 2.33. The normalized spacial score (nSPS) is 11.3. The Morgan fingerprint density at radius 1 is 1.00 bits per heavy atom. The lowest BCUT2D eigenvalue weighted by atomic mass is 10.1. The molecule has 0 saturated carbocycles. The number of amides is 1. The van der Waals surface area contributed by atoms with Crippen molar-refractivity contribution in [3.63, 3.8) is 0 Å². The van der Waals surface area contributed by atoms with Crippen LogP contribution in [0.5, 0.6) is 11.5 Å². The number of methoxy groups -OCH3 is 1. The summed E-state index contributed by atoms with van der Waals surface area (Å²) in [5.41, 5.74) is 9.97. The van der Waals surface area contributed by atoms with Gasteiger partial charge in [0.25, 0.3) is 11.5 Å². The van der Waals surface area contributed by atoms with Crippen molar-refractivity contribution in [2.75, 3.05) is 44.4 Å². The minimum Gasteiger partial charge on any atom is -0.493 e. The van der Waals surface area contributed by atoms with Crippen molar-refractivity contribution in [3.8, 4) is 22.9 Å². The first kappa shape index (κ1) is 26.8. The highest BCUT2D eigenvalue weighted by Gasteiger charge is 2.18. The van der Waals surface area contributed by atoms with Crippen LogP contribution in [0.15, 0.2) is 65.5 Å². The van der Waals surface area contributed by atoms with Crippen LogP contribution in [-0.4, -0.2) is 59.1 Å². The number of ether oxygens (including phenoxy) is 2. The number of aromatic nitrogens is 3. The quantitative estimate of drug-likeness (QED) is 0.202. The van der Waals surface area contributed by atoms with Gasteiger partial charge >= 0.3 is 0 Å². The molecule has 0 atom stereocenters. The average molecular weight is 541 g/mol. The second kappa shape index (κ2) is 11.5. The summed E-state index contributed by atoms with van der Waals surface area (Å²) in [6.45, 7) is 7.39. The zero-order valence-electron chi connectivity index (χ0n) is 22.7. The summed E-state index contributed by atoms with van der Waals surface area (Å²) < 4.78 is 11.4. The average Bonchev–Trinajstić information content (AvgIpc) is 3.30. The first-order chi connectivity index (χ1) is 19.4. The van der Waals surface area contributed by atoms with Crippen LogP contribution < -0.4 is 26.1 Å². The molecule has 40 heavy (non-hydrogen) atoms. The highest BCUT2D eigenvalue weighted by molar-refractivity contribution is 6.09. The maximum Gasteiger partial charge on any atom is 0.276 e. The van der Waals surface area contributed by atoms with E-state index in [0.29, 0.717) is 62.7 Å². The third-order valence-corrected chi connectivity index (χ3v) is 6.92. The number of nitrogens with two attached hydrogens (primary N) is 1. The fraction of sp³-hybridized carbons (Fsp3) is 0.233. The van der Waals surface area contributed by atoms with Crippen LogP contribution >= 0.6 is 0 Å². The lowest BCUT2D eigenvalue weighted by molar-refractivity contribution is 0.102. The van der Waals surface area contributed by atoms with Crippen molar-refractivity contribution in [1.29, 1.82) is 0 Å². The molecule has 5 aromatic rings. The number of fused-ring (bicyclic) bond motifs is 2. The van der Waals surface area contributed by atoms with Crippen molar-refractivity contribution in [1.82, 2.24) is 19.9 Å². The molecule has 3 aromatic carbocycles. The molecular formula is C30H32N6O4. The molecule has 0 aliphatic carbocycles. The lowest BCUT2D eigenvalue weighted by Crippen LogP contribution is -2.28. The number of nitrogens with one attached hydrogen (secondary N) is 3. The molecule has 0 radical (unpaired) electrons. The van der Waals surface area contributed by atoms with Gasteiger partial charge in [0.05, 0.1) is 29.5 Å². The molecule has 206 valence electrons. The Balaban J connectivity index is 1.38. The molecule has 0 aliphatic rings. The number of anilines is 2. The summed E-state index contributed by atoms with van der Waals surface area (Å²) in [7, 11) is 1.58. The Morgan fingerprint density at radius 3 is 2.58 bits per heavy atom. The molecule has 0 unspecified atom stereocenters. The van der Waals surface area contributed by atoms with Gasteiger partial charge < -0.3 is 35.4 Å². The van der Waals surface area contributed by atoms with E-state index in [0.717, 1.165) is 19.6 Å². The number of carbonyl (C=O) groups is 1. The zero-order chi connectivity index (χ0) is 28.2. The van der Waals surface area contributed by atoms with Crippen LogP contribution in [0.3, 0.4) is 0 Å². The summed E-state index contributed by atoms with van der Waals surface area (Å²) in [5, 5.41) is 3.54. The van der Waals surface area contributed by atoms with Crippen LogP contribution in [0.25, 0.3) is 33.3 Å². The monoisotopic (exact) mass is 540 g/mol. The van der Waals surface area contributed by atoms with Crippen molar-refractivity contribution in [2.45, 2.75) is 13.8 Å². The lowest BCUT2D eigenvalue weighted by Gasteiger charge is -2.19. The topological polar surface area (TPSA) is 138 Å². The van der Waals surface area contributed by atoms with Crippen LogP contribution in [0.4, 0.5) is 11.4 Å². The van der Waals surface area contributed by atoms with E-state index in [1.165, 1.54) is 0 Å². The number of likely N-dealkylation sites (N-methyl/N-ethyl adjacent to an activating group) is 1. The number of para-hydroxylation sites is 2. The Labute approximate surface area is 231 Å². The van der Waals surface area contributed by atoms with Gasteiger partial charge in [-0.15, -0.1) is 0 Å². The molecule has 0 saturated heterocycles. The highest BCUT2D eigenvalue weighted by atomic mass is 16.5. The second-order valence-corrected chi connectivity index (χ2v) is 9.30. The second-order valence-electron chi connectivity index (χ2n) is 9.30. The van der Waals surface area contributed by atoms with Crippen molar-refractivity contribution in [2.24, 2.45) is 0 Å². The number of carbonyl (C=O) groups excluding carboxylic acids is 1. The SMILES string of the molecule is CCN(CC)CCOc1cc(NC(=O)c2ccc3[nH]c(-c4nc5ccccc5[nH]c4=O)c(N)c3c2)ccc1OC. The van der Waals surface area contributed by atoms with E-state index in [-0.39, 0.29) is 17.2 Å². The Hall–Kier alpha value is -4.83. The molecule has 2 heterocycles. The van der Waals surface area contributed by atoms with E-state index in [1.54, 1.807) is 49.6 Å². The van der Waals surface area contributed by atoms with Gasteiger partial charge in [0, 0.05) is 34.8 Å². The van der Waals surface area contributed by atoms with E-state index in [2.05, 4.69) is 39.0 Å². The predicted molar refractivity (Wildman–Crippen MR) is 158 cm³/mol. The maximum absolute atomic E-state index is 13.2. The van der Waals surface area contributed by atoms with Gasteiger partial charge in [-0.05, 0) is 55.6 Å². The number of hydrogen-bond acceptors (Lipinski definition) is 7. The summed E-state index contributed by atoms with van der Waals surface area (Å²) >= 11 is 0. The van der Waals surface area contributed by atoms with Crippen molar-refractivity contribution < 1.29 is 14.3 Å². The van der Waals surface area contributed by atoms with Gasteiger partial charge in [0.2, 0.25) is 0 Å². The van der Waals surface area contributed by atoms with Gasteiger partial charge in [0.15, 0.2) is 17.2 Å². The van der Waals surface area contributed by atoms with Crippen molar-refractivity contribution in [3.05, 3.63) is 76.6 Å². The van der Waals surface area contributed by atoms with Gasteiger partial charge in [-0.3, -0.25) is 9.59 Å². The summed E-state index contributed by atoms with van der Waals surface area (Å²) in [4.78, 5) is 38.8. The fourth-order valence-electron chi connectivity index (χ4n) is 4.63. The largest absolute Gasteiger partial charge is 0.493 e. The fourth-order valence-corrected chi connectivity index (χ4v) is 4.63. The third kappa shape index (κ3) is 5.34. The molecule has 10 heteroatoms. The van der Waals surface area contributed by atoms with E-state index in [1.807, 2.05) is 18.2 Å². The minimum absolute atomic E-state index is 0.185. The molecule has 0 fully saturated rings. The van der Waals surface area contributed by atoms with Gasteiger partial charge in [-0.1, -0.05) is 26.0 Å². The number of rotatable bonds is 10. The molecule has 2 aromatic heterocycles. The van der Waals surface area contributed by atoms with Crippen LogP contribution in [0.1, 0.15) is 24.2 Å². The molecule has 5 rings (SSSR count). The zero-order valence-corrected chi connectivity index (χ0v) is 22.7. The van der Waals surface area contributed by atoms with E-state index < -0.39 is 0 Å². The first-order valence-corrected chi connectivity index (χ1v) is 13.2. The van der Waals surface area contributed by atoms with Crippen LogP contribution in [-0.2, 0) is 0 Å². The summed E-state index contributed by atoms with van der Waals surface area (Å²) in [6, 6.07) is 17.7. The summed E-state index contributed by atoms with van der Waals surface area (Å²) in [5.74, 6) is 0.824. The maximum atomic E-state index is 13.2. The number of benzene rings is 3. The predicted octanol–water partition coefficient (Wildman–Crippen LogP) is 4.64. The molecule has 0 spiro atoms. The van der Waals surface area contributed by atoms with Crippen LogP contribution in [0, 0.1) is 0 Å². The molecule has 1 amide bonds. The Bertz CT molecular complexity index is 1740. The number of aromatic amines is 2. The van der Waals surface area contributed by atoms with E-state index in [4.69, 9.17) is 15.2 Å². The Morgan fingerprint density at radius 2 is 1.80 bits per heavy atom. The van der Waals surface area contributed by atoms with Gasteiger partial charge in [0.1, 0.15) is 6.61 Å². The molecule has 5 N–H and O–H groups in total. The third-order valence-electron chi connectivity index (χ3n) is 6.92. The van der Waals surface area contributed by atoms with Gasteiger partial charge in [-0.25, -0.2) is 4.98 Å². The number of nitrogen functional groups attached to an aromatic ring is 1. The van der Waals surface area contributed by atoms with Crippen LogP contribution in [0.2, 0.25) is 0 Å². The molecule has 0 aliphatic heterocycles. The molecule has 0 bridgehead atoms. The number of hydrogen-bond donors (Lipinski definition) is 4. The van der Waals surface area contributed by atoms with E-state index >= 15 is 0 Å². The summed E-state index contributed by atoms with van der Waals surface area (Å²) in [6.07, 6.45) is 0. The smallest absolute Gasteiger partial charge is 0.276 e. The van der Waals surface area contributed by atoms with Crippen molar-refractivity contribution >= 4 is 39.2 Å². The van der Waals surface area contributed by atoms with E-state index in [9.17, 15) is 9.59 Å². The molecule has 10 nitrogen and oxygen atoms in total. The Kier molecular flexibility index (Phi) is 7.70. The minimum atomic E-state index is -0.357.